The van der Waals surface area contributed by atoms with Crippen LogP contribution in [0.25, 0.3) is 11.3 Å². The maximum atomic E-state index is 12.9. The highest BCUT2D eigenvalue weighted by Crippen LogP contribution is 2.35. The van der Waals surface area contributed by atoms with Crippen LogP contribution in [0.3, 0.4) is 0 Å². The van der Waals surface area contributed by atoms with Gasteiger partial charge in [0.1, 0.15) is 5.75 Å². The van der Waals surface area contributed by atoms with Crippen molar-refractivity contribution in [3.8, 4) is 22.9 Å². The van der Waals surface area contributed by atoms with E-state index in [0.717, 1.165) is 31.6 Å². The Balaban J connectivity index is 1.57. The van der Waals surface area contributed by atoms with E-state index in [-0.39, 0.29) is 11.6 Å². The van der Waals surface area contributed by atoms with Crippen LogP contribution in [0.2, 0.25) is 0 Å². The predicted molar refractivity (Wildman–Crippen MR) is 105 cm³/mol. The van der Waals surface area contributed by atoms with Gasteiger partial charge in [-0.1, -0.05) is 6.07 Å². The first-order valence-corrected chi connectivity index (χ1v) is 9.68. The summed E-state index contributed by atoms with van der Waals surface area (Å²) in [6, 6.07) is 8.16. The number of hydrogen-bond donors (Lipinski definition) is 2. The molecule has 0 fully saturated rings. The van der Waals surface area contributed by atoms with Crippen molar-refractivity contribution in [1.82, 2.24) is 15.3 Å². The van der Waals surface area contributed by atoms with Crippen LogP contribution < -0.4 is 15.4 Å². The molecular weight excluding hydrogens is 403 g/mol. The molecule has 1 aliphatic heterocycles. The molecule has 0 spiro atoms. The Bertz CT molecular complexity index is 1030. The highest BCUT2D eigenvalue weighted by Gasteiger charge is 2.30. The number of thiazole rings is 1. The minimum atomic E-state index is -4.45. The number of ether oxygens (including phenoxy) is 1. The topological polar surface area (TPSA) is 71.4 Å². The number of hydrogen-bond acceptors (Lipinski definition) is 7. The van der Waals surface area contributed by atoms with Crippen LogP contribution in [0.15, 0.2) is 53.0 Å². The summed E-state index contributed by atoms with van der Waals surface area (Å²) in [5, 5.41) is 8.74. The van der Waals surface area contributed by atoms with E-state index in [1.165, 1.54) is 29.7 Å². The summed E-state index contributed by atoms with van der Waals surface area (Å²) in [6.07, 6.45) is -1.95. The van der Waals surface area contributed by atoms with Crippen molar-refractivity contribution in [2.45, 2.75) is 12.6 Å². The number of guanidine groups is 1. The molecule has 3 aromatic rings. The maximum absolute atomic E-state index is 12.9. The van der Waals surface area contributed by atoms with Gasteiger partial charge in [-0.25, -0.2) is 9.97 Å². The Morgan fingerprint density at radius 1 is 1.17 bits per heavy atom. The average Bonchev–Trinajstić information content (AvgIpc) is 3.17. The zero-order chi connectivity index (χ0) is 20.3. The lowest BCUT2D eigenvalue weighted by molar-refractivity contribution is -0.137. The van der Waals surface area contributed by atoms with E-state index in [1.54, 1.807) is 12.1 Å². The average molecular weight is 419 g/mol. The van der Waals surface area contributed by atoms with Crippen LogP contribution in [-0.2, 0) is 6.18 Å². The van der Waals surface area contributed by atoms with E-state index in [0.29, 0.717) is 22.3 Å². The Morgan fingerprint density at radius 3 is 2.86 bits per heavy atom. The lowest BCUT2D eigenvalue weighted by atomic mass is 10.2. The summed E-state index contributed by atoms with van der Waals surface area (Å²) in [6.45, 7) is 1.60. The van der Waals surface area contributed by atoms with Gasteiger partial charge in [0.15, 0.2) is 11.1 Å². The fraction of sp³-hybridized carbons (Fsp3) is 0.211. The number of nitrogens with one attached hydrogen (secondary N) is 2. The molecule has 0 bridgehead atoms. The van der Waals surface area contributed by atoms with E-state index < -0.39 is 11.7 Å². The first-order chi connectivity index (χ1) is 14.0. The molecule has 0 atom stereocenters. The standard InChI is InChI=1S/C19H16F3N5OS/c20-19(21,22)12-4-1-5-13(10-12)28-16-14(6-2-7-23-16)15-11-29-18(26-15)27-17-24-8-3-9-25-17/h1-2,4-7,10-11H,3,8-9H2,(H2,24,25,26,27). The molecule has 0 unspecified atom stereocenters. The monoisotopic (exact) mass is 419 g/mol. The summed E-state index contributed by atoms with van der Waals surface area (Å²) >= 11 is 1.38. The smallest absolute Gasteiger partial charge is 0.416 e. The number of halogens is 3. The van der Waals surface area contributed by atoms with Crippen LogP contribution in [0.5, 0.6) is 11.6 Å². The summed E-state index contributed by atoms with van der Waals surface area (Å²) in [5.41, 5.74) is 0.394. The number of rotatable bonds is 4. The molecule has 0 saturated carbocycles. The van der Waals surface area contributed by atoms with Gasteiger partial charge in [-0.05, 0) is 36.8 Å². The van der Waals surface area contributed by atoms with E-state index in [2.05, 4.69) is 25.6 Å². The molecule has 0 saturated heterocycles. The summed E-state index contributed by atoms with van der Waals surface area (Å²) in [4.78, 5) is 13.0. The SMILES string of the molecule is FC(F)(F)c1cccc(Oc2ncccc2-c2csc(NC3=NCCCN3)n2)c1. The summed E-state index contributed by atoms with van der Waals surface area (Å²) < 4.78 is 44.5. The number of pyridine rings is 1. The Morgan fingerprint density at radius 2 is 2.07 bits per heavy atom. The molecular formula is C19H16F3N5OS. The van der Waals surface area contributed by atoms with Gasteiger partial charge in [-0.2, -0.15) is 13.2 Å². The van der Waals surface area contributed by atoms with Crippen molar-refractivity contribution < 1.29 is 17.9 Å². The zero-order valence-electron chi connectivity index (χ0n) is 15.0. The van der Waals surface area contributed by atoms with Gasteiger partial charge in [0, 0.05) is 24.7 Å². The molecule has 2 N–H and O–H groups in total. The van der Waals surface area contributed by atoms with Crippen molar-refractivity contribution >= 4 is 22.4 Å². The number of aromatic nitrogens is 2. The van der Waals surface area contributed by atoms with Crippen LogP contribution >= 0.6 is 11.3 Å². The van der Waals surface area contributed by atoms with E-state index >= 15 is 0 Å². The lowest BCUT2D eigenvalue weighted by Gasteiger charge is -2.14. The molecule has 0 aliphatic carbocycles. The van der Waals surface area contributed by atoms with Gasteiger partial charge in [0.05, 0.1) is 16.8 Å². The molecule has 0 radical (unpaired) electrons. The molecule has 2 aromatic heterocycles. The van der Waals surface area contributed by atoms with Crippen LogP contribution in [0.4, 0.5) is 18.3 Å². The largest absolute Gasteiger partial charge is 0.438 e. The number of benzene rings is 1. The number of alkyl halides is 3. The zero-order valence-corrected chi connectivity index (χ0v) is 15.8. The van der Waals surface area contributed by atoms with Gasteiger partial charge in [0.2, 0.25) is 5.88 Å². The molecule has 29 heavy (non-hydrogen) atoms. The summed E-state index contributed by atoms with van der Waals surface area (Å²) in [5.74, 6) is 0.898. The Kier molecular flexibility index (Phi) is 5.34. The molecule has 10 heteroatoms. The molecule has 1 aliphatic rings. The molecule has 4 rings (SSSR count). The van der Waals surface area contributed by atoms with Crippen molar-refractivity contribution in [2.24, 2.45) is 4.99 Å². The minimum absolute atomic E-state index is 0.0501. The van der Waals surface area contributed by atoms with Gasteiger partial charge in [-0.3, -0.25) is 4.99 Å². The van der Waals surface area contributed by atoms with Crippen molar-refractivity contribution in [1.29, 1.82) is 0 Å². The lowest BCUT2D eigenvalue weighted by Crippen LogP contribution is -2.35. The second-order valence-corrected chi connectivity index (χ2v) is 7.02. The van der Waals surface area contributed by atoms with Crippen molar-refractivity contribution in [2.75, 3.05) is 18.4 Å². The van der Waals surface area contributed by atoms with E-state index in [9.17, 15) is 13.2 Å². The summed E-state index contributed by atoms with van der Waals surface area (Å²) in [7, 11) is 0. The van der Waals surface area contributed by atoms with E-state index in [4.69, 9.17) is 4.74 Å². The van der Waals surface area contributed by atoms with Crippen molar-refractivity contribution in [3.05, 3.63) is 53.5 Å². The van der Waals surface area contributed by atoms with Crippen molar-refractivity contribution in [3.63, 3.8) is 0 Å². The van der Waals surface area contributed by atoms with Gasteiger partial charge in [0.25, 0.3) is 0 Å². The first-order valence-electron chi connectivity index (χ1n) is 8.80. The van der Waals surface area contributed by atoms with Crippen LogP contribution in [0.1, 0.15) is 12.0 Å². The van der Waals surface area contributed by atoms with Crippen LogP contribution in [0, 0.1) is 0 Å². The molecule has 3 heterocycles. The first kappa shape index (κ1) is 19.2. The second kappa shape index (κ2) is 8.08. The number of anilines is 1. The molecule has 0 amide bonds. The van der Waals surface area contributed by atoms with Gasteiger partial charge in [-0.15, -0.1) is 11.3 Å². The minimum Gasteiger partial charge on any atom is -0.438 e. The van der Waals surface area contributed by atoms with E-state index in [1.807, 2.05) is 5.38 Å². The second-order valence-electron chi connectivity index (χ2n) is 6.16. The Labute approximate surface area is 168 Å². The third-order valence-corrected chi connectivity index (χ3v) is 4.81. The third-order valence-electron chi connectivity index (χ3n) is 4.05. The van der Waals surface area contributed by atoms with Crippen LogP contribution in [-0.4, -0.2) is 29.0 Å². The third kappa shape index (κ3) is 4.65. The van der Waals surface area contributed by atoms with Gasteiger partial charge < -0.3 is 15.4 Å². The predicted octanol–water partition coefficient (Wildman–Crippen LogP) is 4.78. The molecule has 1 aromatic carbocycles. The normalized spacial score (nSPS) is 14.1. The quantitative estimate of drug-likeness (QED) is 0.637. The molecule has 150 valence electrons. The number of aliphatic imine (C=N–C) groups is 1. The number of nitrogens with zero attached hydrogens (tertiary/aromatic N) is 3. The highest BCUT2D eigenvalue weighted by molar-refractivity contribution is 7.14. The van der Waals surface area contributed by atoms with Gasteiger partial charge >= 0.3 is 6.18 Å². The Hall–Kier alpha value is -3.14. The fourth-order valence-electron chi connectivity index (χ4n) is 2.69. The highest BCUT2D eigenvalue weighted by atomic mass is 32.1. The maximum Gasteiger partial charge on any atom is 0.416 e. The fourth-order valence-corrected chi connectivity index (χ4v) is 3.40. The molecule has 6 nitrogen and oxygen atoms in total.